The van der Waals surface area contributed by atoms with Gasteiger partial charge in [0.1, 0.15) is 12.1 Å². The van der Waals surface area contributed by atoms with E-state index < -0.39 is 5.60 Å². The maximum absolute atomic E-state index is 12.7. The highest BCUT2D eigenvalue weighted by molar-refractivity contribution is 14.0. The molecule has 0 radical (unpaired) electrons. The summed E-state index contributed by atoms with van der Waals surface area (Å²) in [5.74, 6) is 1.23. The average molecular weight is 561 g/mol. The third-order valence-corrected chi connectivity index (χ3v) is 5.55. The van der Waals surface area contributed by atoms with Gasteiger partial charge in [-0.2, -0.15) is 5.10 Å². The molecule has 1 aromatic heterocycles. The van der Waals surface area contributed by atoms with E-state index >= 15 is 0 Å². The lowest BCUT2D eigenvalue weighted by atomic mass is 9.97. The van der Waals surface area contributed by atoms with Gasteiger partial charge >= 0.3 is 6.09 Å². The van der Waals surface area contributed by atoms with Crippen LogP contribution in [0.2, 0.25) is 0 Å². The SMILES string of the molecule is CN=C(NCC1CCN(C(=O)OC(C)(C)C)CC1)N1CCN(c2cnn(C)c2)C(=O)C1.I. The maximum Gasteiger partial charge on any atom is 0.410 e. The monoisotopic (exact) mass is 561 g/mol. The Morgan fingerprint density at radius 3 is 2.44 bits per heavy atom. The molecule has 1 aromatic rings. The number of likely N-dealkylation sites (tertiary alicyclic amines) is 1. The van der Waals surface area contributed by atoms with Crippen molar-refractivity contribution in [2.45, 2.75) is 39.2 Å². The second kappa shape index (κ2) is 11.2. The molecule has 2 aliphatic heterocycles. The largest absolute Gasteiger partial charge is 0.444 e. The predicted octanol–water partition coefficient (Wildman–Crippen LogP) is 1.91. The van der Waals surface area contributed by atoms with Crippen LogP contribution >= 0.6 is 24.0 Å². The Balaban J connectivity index is 0.00000363. The predicted molar refractivity (Wildman–Crippen MR) is 134 cm³/mol. The Labute approximate surface area is 207 Å². The molecule has 0 atom stereocenters. The number of nitrogens with zero attached hydrogens (tertiary/aromatic N) is 6. The maximum atomic E-state index is 12.7. The molecule has 10 nitrogen and oxygen atoms in total. The van der Waals surface area contributed by atoms with Gasteiger partial charge in [-0.1, -0.05) is 0 Å². The van der Waals surface area contributed by atoms with Gasteiger partial charge in [0.2, 0.25) is 5.91 Å². The van der Waals surface area contributed by atoms with Gasteiger partial charge in [0.05, 0.1) is 11.9 Å². The Hall–Kier alpha value is -2.05. The summed E-state index contributed by atoms with van der Waals surface area (Å²) in [5.41, 5.74) is 0.354. The zero-order valence-corrected chi connectivity index (χ0v) is 22.0. The molecule has 2 fully saturated rings. The first-order valence-electron chi connectivity index (χ1n) is 10.9. The summed E-state index contributed by atoms with van der Waals surface area (Å²) in [7, 11) is 3.58. The van der Waals surface area contributed by atoms with E-state index in [1.165, 1.54) is 0 Å². The smallest absolute Gasteiger partial charge is 0.410 e. The summed E-state index contributed by atoms with van der Waals surface area (Å²) in [6.07, 6.45) is 5.15. The number of carbonyl (C=O) groups is 2. The minimum atomic E-state index is -0.472. The van der Waals surface area contributed by atoms with Crippen molar-refractivity contribution >= 4 is 47.6 Å². The molecule has 3 heterocycles. The molecule has 0 bridgehead atoms. The third-order valence-electron chi connectivity index (χ3n) is 5.55. The van der Waals surface area contributed by atoms with Crippen LogP contribution in [0, 0.1) is 5.92 Å². The van der Waals surface area contributed by atoms with Crippen molar-refractivity contribution in [2.24, 2.45) is 18.0 Å². The second-order valence-corrected chi connectivity index (χ2v) is 9.18. The number of aliphatic imine (C=N–C) groups is 1. The van der Waals surface area contributed by atoms with E-state index in [0.717, 1.165) is 31.0 Å². The normalized spacial score (nSPS) is 18.5. The Morgan fingerprint density at radius 2 is 1.91 bits per heavy atom. The number of rotatable bonds is 3. The standard InChI is InChI=1S/C21H35N7O3.HI/c1-21(2,3)31-20(30)26-8-6-16(7-9-26)12-23-19(22-4)27-10-11-28(18(29)15-27)17-13-24-25(5)14-17;/h13-14,16H,6-12,15H2,1-5H3,(H,22,23);1H. The summed E-state index contributed by atoms with van der Waals surface area (Å²) >= 11 is 0. The topological polar surface area (TPSA) is 95.3 Å². The highest BCUT2D eigenvalue weighted by atomic mass is 127. The third kappa shape index (κ3) is 6.97. The zero-order valence-electron chi connectivity index (χ0n) is 19.7. The Morgan fingerprint density at radius 1 is 1.22 bits per heavy atom. The fourth-order valence-corrected chi connectivity index (χ4v) is 3.89. The number of ether oxygens (including phenoxy) is 1. The van der Waals surface area contributed by atoms with Crippen molar-refractivity contribution in [3.8, 4) is 0 Å². The first-order valence-corrected chi connectivity index (χ1v) is 10.9. The molecule has 2 saturated heterocycles. The fraction of sp³-hybridized carbons (Fsp3) is 0.714. The van der Waals surface area contributed by atoms with Crippen LogP contribution in [0.1, 0.15) is 33.6 Å². The molecule has 0 spiro atoms. The van der Waals surface area contributed by atoms with Gasteiger partial charge in [-0.15, -0.1) is 24.0 Å². The number of piperazine rings is 1. The van der Waals surface area contributed by atoms with Crippen LogP contribution in [0.5, 0.6) is 0 Å². The number of guanidine groups is 1. The van der Waals surface area contributed by atoms with E-state index in [0.29, 0.717) is 32.1 Å². The van der Waals surface area contributed by atoms with E-state index in [1.807, 2.05) is 38.9 Å². The van der Waals surface area contributed by atoms with Crippen molar-refractivity contribution in [1.29, 1.82) is 0 Å². The number of hydrogen-bond acceptors (Lipinski definition) is 5. The molecular weight excluding hydrogens is 525 g/mol. The number of halogens is 1. The van der Waals surface area contributed by atoms with Crippen molar-refractivity contribution in [3.05, 3.63) is 12.4 Å². The van der Waals surface area contributed by atoms with Crippen LogP contribution in [0.15, 0.2) is 17.4 Å². The lowest BCUT2D eigenvalue weighted by molar-refractivity contribution is -0.120. The molecule has 1 N–H and O–H groups in total. The van der Waals surface area contributed by atoms with Crippen LogP contribution in [0.25, 0.3) is 0 Å². The van der Waals surface area contributed by atoms with Crippen LogP contribution in [-0.4, -0.2) is 89.5 Å². The van der Waals surface area contributed by atoms with Crippen molar-refractivity contribution in [1.82, 2.24) is 24.9 Å². The molecule has 0 unspecified atom stereocenters. The number of amides is 2. The van der Waals surface area contributed by atoms with Crippen molar-refractivity contribution < 1.29 is 14.3 Å². The molecule has 2 amide bonds. The molecule has 2 aliphatic rings. The Bertz CT molecular complexity index is 813. The number of anilines is 1. The number of nitrogens with one attached hydrogen (secondary N) is 1. The van der Waals surface area contributed by atoms with Crippen molar-refractivity contribution in [3.63, 3.8) is 0 Å². The summed E-state index contributed by atoms with van der Waals surface area (Å²) in [4.78, 5) is 34.8. The molecule has 0 aliphatic carbocycles. The first kappa shape index (κ1) is 26.2. The molecule has 32 heavy (non-hydrogen) atoms. The van der Waals surface area contributed by atoms with Crippen LogP contribution in [0.3, 0.4) is 0 Å². The van der Waals surface area contributed by atoms with Gasteiger partial charge in [0, 0.05) is 53.0 Å². The van der Waals surface area contributed by atoms with Gasteiger partial charge in [-0.05, 0) is 39.5 Å². The number of aromatic nitrogens is 2. The van der Waals surface area contributed by atoms with Crippen molar-refractivity contribution in [2.75, 3.05) is 51.2 Å². The first-order chi connectivity index (χ1) is 14.7. The van der Waals surface area contributed by atoms with E-state index in [9.17, 15) is 9.59 Å². The quantitative estimate of drug-likeness (QED) is 0.344. The van der Waals surface area contributed by atoms with Crippen LogP contribution in [0.4, 0.5) is 10.5 Å². The van der Waals surface area contributed by atoms with E-state index in [4.69, 9.17) is 4.74 Å². The summed E-state index contributed by atoms with van der Waals surface area (Å²) in [6, 6.07) is 0. The van der Waals surface area contributed by atoms with E-state index in [1.54, 1.807) is 27.7 Å². The molecule has 180 valence electrons. The fourth-order valence-electron chi connectivity index (χ4n) is 3.89. The summed E-state index contributed by atoms with van der Waals surface area (Å²) in [5, 5.41) is 7.58. The average Bonchev–Trinajstić information content (AvgIpc) is 3.13. The highest BCUT2D eigenvalue weighted by Crippen LogP contribution is 2.20. The van der Waals surface area contributed by atoms with Gasteiger partial charge in [-0.25, -0.2) is 4.79 Å². The number of carbonyl (C=O) groups excluding carboxylic acids is 2. The summed E-state index contributed by atoms with van der Waals surface area (Å²) < 4.78 is 7.16. The second-order valence-electron chi connectivity index (χ2n) is 9.18. The molecule has 0 aromatic carbocycles. The molecule has 0 saturated carbocycles. The number of piperidine rings is 1. The van der Waals surface area contributed by atoms with Gasteiger partial charge in [0.25, 0.3) is 0 Å². The van der Waals surface area contributed by atoms with Crippen LogP contribution < -0.4 is 10.2 Å². The number of hydrogen-bond donors (Lipinski definition) is 1. The lowest BCUT2D eigenvalue weighted by Crippen LogP contribution is -2.56. The summed E-state index contributed by atoms with van der Waals surface area (Å²) in [6.45, 7) is 9.40. The molecule has 11 heteroatoms. The van der Waals surface area contributed by atoms with Crippen LogP contribution in [-0.2, 0) is 16.6 Å². The molecule has 3 rings (SSSR count). The Kier molecular flexibility index (Phi) is 9.17. The van der Waals surface area contributed by atoms with Gasteiger partial charge in [0.15, 0.2) is 5.96 Å². The van der Waals surface area contributed by atoms with E-state index in [2.05, 4.69) is 15.4 Å². The zero-order chi connectivity index (χ0) is 22.6. The van der Waals surface area contributed by atoms with Gasteiger partial charge < -0.3 is 24.8 Å². The lowest BCUT2D eigenvalue weighted by Gasteiger charge is -2.36. The minimum absolute atomic E-state index is 0. The highest BCUT2D eigenvalue weighted by Gasteiger charge is 2.29. The number of aryl methyl sites for hydroxylation is 1. The molecular formula is C21H36IN7O3. The van der Waals surface area contributed by atoms with E-state index in [-0.39, 0.29) is 42.5 Å². The van der Waals surface area contributed by atoms with Gasteiger partial charge in [-0.3, -0.25) is 14.5 Å². The minimum Gasteiger partial charge on any atom is -0.444 e.